The summed E-state index contributed by atoms with van der Waals surface area (Å²) in [6, 6.07) is 11.6. The van der Waals surface area contributed by atoms with Crippen LogP contribution < -0.4 is 5.32 Å². The molecule has 0 saturated carbocycles. The third-order valence-corrected chi connectivity index (χ3v) is 7.73. The van der Waals surface area contributed by atoms with Gasteiger partial charge < -0.3 is 9.73 Å². The highest BCUT2D eigenvalue weighted by atomic mass is 35.5. The molecule has 1 saturated heterocycles. The number of fused-ring (bicyclic) bond motifs is 1. The van der Waals surface area contributed by atoms with Gasteiger partial charge in [0, 0.05) is 34.7 Å². The van der Waals surface area contributed by atoms with Gasteiger partial charge in [0.15, 0.2) is 5.76 Å². The molecular weight excluding hydrogens is 436 g/mol. The largest absolute Gasteiger partial charge is 0.451 e. The number of piperidine rings is 1. The van der Waals surface area contributed by atoms with Crippen LogP contribution in [0.15, 0.2) is 51.8 Å². The molecule has 2 aromatic carbocycles. The van der Waals surface area contributed by atoms with E-state index in [1.807, 2.05) is 0 Å². The van der Waals surface area contributed by atoms with Crippen molar-refractivity contribution in [1.29, 1.82) is 0 Å². The minimum atomic E-state index is -3.62. The van der Waals surface area contributed by atoms with E-state index < -0.39 is 15.9 Å². The van der Waals surface area contributed by atoms with Gasteiger partial charge in [-0.05, 0) is 61.6 Å². The van der Waals surface area contributed by atoms with Crippen molar-refractivity contribution in [2.24, 2.45) is 11.8 Å². The van der Waals surface area contributed by atoms with E-state index in [0.717, 1.165) is 6.42 Å². The highest BCUT2D eigenvalue weighted by Crippen LogP contribution is 2.31. The molecule has 1 amide bonds. The molecule has 1 N–H and O–H groups in total. The van der Waals surface area contributed by atoms with Gasteiger partial charge in [0.2, 0.25) is 10.0 Å². The number of furan rings is 1. The van der Waals surface area contributed by atoms with Crippen LogP contribution in [0, 0.1) is 18.8 Å². The zero-order chi connectivity index (χ0) is 22.3. The number of carbonyl (C=O) groups is 1. The number of benzene rings is 2. The van der Waals surface area contributed by atoms with Crippen LogP contribution in [0.3, 0.4) is 0 Å². The molecule has 8 heteroatoms. The summed E-state index contributed by atoms with van der Waals surface area (Å²) in [7, 11) is -3.62. The van der Waals surface area contributed by atoms with Crippen LogP contribution in [0.25, 0.3) is 11.0 Å². The Morgan fingerprint density at radius 3 is 2.52 bits per heavy atom. The molecule has 1 aliphatic rings. The summed E-state index contributed by atoms with van der Waals surface area (Å²) in [4.78, 5) is 13.0. The second-order valence-electron chi connectivity index (χ2n) is 8.45. The molecule has 31 heavy (non-hydrogen) atoms. The van der Waals surface area contributed by atoms with Gasteiger partial charge in [-0.1, -0.05) is 31.5 Å². The highest BCUT2D eigenvalue weighted by molar-refractivity contribution is 7.89. The van der Waals surface area contributed by atoms with Crippen LogP contribution in [-0.2, 0) is 10.0 Å². The number of sulfonamides is 1. The average Bonchev–Trinajstić information content (AvgIpc) is 3.03. The van der Waals surface area contributed by atoms with E-state index in [0.29, 0.717) is 52.2 Å². The number of aryl methyl sites for hydroxylation is 1. The molecule has 0 unspecified atom stereocenters. The molecule has 2 heterocycles. The molecule has 1 aromatic heterocycles. The van der Waals surface area contributed by atoms with Crippen LogP contribution in [0.1, 0.15) is 36.4 Å². The maximum atomic E-state index is 13.3. The zero-order valence-electron chi connectivity index (χ0n) is 17.7. The van der Waals surface area contributed by atoms with Crippen molar-refractivity contribution in [1.82, 2.24) is 4.31 Å². The summed E-state index contributed by atoms with van der Waals surface area (Å²) in [5.74, 6) is 0.364. The number of nitrogens with one attached hydrogen (secondary N) is 1. The van der Waals surface area contributed by atoms with E-state index in [2.05, 4.69) is 19.2 Å². The molecule has 0 aliphatic carbocycles. The van der Waals surface area contributed by atoms with Crippen LogP contribution >= 0.6 is 11.6 Å². The number of nitrogens with zero attached hydrogens (tertiary/aromatic N) is 1. The SMILES string of the molecule is Cc1c(C(=O)Nc2cccc(Cl)c2)oc2ccc(S(=O)(=O)N3C[C@H](C)C[C@H](C)C3)cc12. The number of carbonyl (C=O) groups excluding carboxylic acids is 1. The Hall–Kier alpha value is -2.35. The minimum absolute atomic E-state index is 0.143. The maximum absolute atomic E-state index is 13.3. The van der Waals surface area contributed by atoms with Gasteiger partial charge >= 0.3 is 0 Å². The molecule has 0 radical (unpaired) electrons. The van der Waals surface area contributed by atoms with Gasteiger partial charge in [-0.3, -0.25) is 4.79 Å². The van der Waals surface area contributed by atoms with Crippen LogP contribution in [-0.4, -0.2) is 31.7 Å². The molecule has 4 rings (SSSR count). The molecule has 164 valence electrons. The van der Waals surface area contributed by atoms with Crippen molar-refractivity contribution in [2.75, 3.05) is 18.4 Å². The van der Waals surface area contributed by atoms with E-state index in [-0.39, 0.29) is 10.7 Å². The van der Waals surface area contributed by atoms with Gasteiger partial charge in [0.05, 0.1) is 4.90 Å². The summed E-state index contributed by atoms with van der Waals surface area (Å²) in [5, 5.41) is 3.88. The fraction of sp³-hybridized carbons (Fsp3) is 0.348. The minimum Gasteiger partial charge on any atom is -0.451 e. The van der Waals surface area contributed by atoms with Gasteiger partial charge in [-0.2, -0.15) is 4.31 Å². The van der Waals surface area contributed by atoms with Crippen LogP contribution in [0.5, 0.6) is 0 Å². The quantitative estimate of drug-likeness (QED) is 0.571. The van der Waals surface area contributed by atoms with Gasteiger partial charge in [-0.25, -0.2) is 8.42 Å². The van der Waals surface area contributed by atoms with E-state index in [1.165, 1.54) is 0 Å². The van der Waals surface area contributed by atoms with Gasteiger partial charge in [-0.15, -0.1) is 0 Å². The summed E-state index contributed by atoms with van der Waals surface area (Å²) in [5.41, 5.74) is 1.61. The molecule has 1 aliphatic heterocycles. The number of amides is 1. The molecule has 3 aromatic rings. The number of halogens is 1. The standard InChI is InChI=1S/C23H25ClN2O4S/c1-14-9-15(2)13-26(12-14)31(28,29)19-7-8-21-20(11-19)16(3)22(30-21)23(27)25-18-6-4-5-17(24)10-18/h4-8,10-11,14-15H,9,12-13H2,1-3H3,(H,25,27)/t14-,15+. The third-order valence-electron chi connectivity index (χ3n) is 5.67. The Labute approximate surface area is 187 Å². The summed E-state index contributed by atoms with van der Waals surface area (Å²) in [6.07, 6.45) is 1.02. The first-order valence-corrected chi connectivity index (χ1v) is 12.1. The van der Waals surface area contributed by atoms with Crippen molar-refractivity contribution < 1.29 is 17.6 Å². The third kappa shape index (κ3) is 4.35. The summed E-state index contributed by atoms with van der Waals surface area (Å²) < 4.78 is 33.8. The molecular formula is C23H25ClN2O4S. The lowest BCUT2D eigenvalue weighted by molar-refractivity contribution is 0.0998. The van der Waals surface area contributed by atoms with Crippen molar-refractivity contribution in [3.63, 3.8) is 0 Å². The number of rotatable bonds is 4. The first-order chi connectivity index (χ1) is 14.6. The second-order valence-corrected chi connectivity index (χ2v) is 10.8. The predicted molar refractivity (Wildman–Crippen MR) is 122 cm³/mol. The lowest BCUT2D eigenvalue weighted by Crippen LogP contribution is -2.42. The first kappa shape index (κ1) is 21.9. The Morgan fingerprint density at radius 2 is 1.84 bits per heavy atom. The van der Waals surface area contributed by atoms with Crippen LogP contribution in [0.4, 0.5) is 5.69 Å². The Balaban J connectivity index is 1.65. The van der Waals surface area contributed by atoms with Crippen molar-refractivity contribution in [2.45, 2.75) is 32.1 Å². The Kier molecular flexibility index (Phi) is 5.85. The normalized spacial score (nSPS) is 20.1. The monoisotopic (exact) mass is 460 g/mol. The topological polar surface area (TPSA) is 79.6 Å². The number of anilines is 1. The van der Waals surface area contributed by atoms with Crippen molar-refractivity contribution in [3.8, 4) is 0 Å². The lowest BCUT2D eigenvalue weighted by Gasteiger charge is -2.34. The van der Waals surface area contributed by atoms with E-state index >= 15 is 0 Å². The van der Waals surface area contributed by atoms with E-state index in [9.17, 15) is 13.2 Å². The summed E-state index contributed by atoms with van der Waals surface area (Å²) in [6.45, 7) is 6.93. The maximum Gasteiger partial charge on any atom is 0.291 e. The lowest BCUT2D eigenvalue weighted by atomic mass is 9.94. The highest BCUT2D eigenvalue weighted by Gasteiger charge is 2.32. The molecule has 1 fully saturated rings. The Morgan fingerprint density at radius 1 is 1.13 bits per heavy atom. The Bertz CT molecular complexity index is 1240. The van der Waals surface area contributed by atoms with E-state index in [1.54, 1.807) is 53.7 Å². The van der Waals surface area contributed by atoms with Gasteiger partial charge in [0.25, 0.3) is 5.91 Å². The predicted octanol–water partition coefficient (Wildman–Crippen LogP) is 5.31. The second kappa shape index (κ2) is 8.30. The first-order valence-electron chi connectivity index (χ1n) is 10.3. The fourth-order valence-electron chi connectivity index (χ4n) is 4.28. The number of hydrogen-bond acceptors (Lipinski definition) is 4. The molecule has 6 nitrogen and oxygen atoms in total. The molecule has 0 spiro atoms. The zero-order valence-corrected chi connectivity index (χ0v) is 19.3. The smallest absolute Gasteiger partial charge is 0.291 e. The van der Waals surface area contributed by atoms with Crippen molar-refractivity contribution in [3.05, 3.63) is 58.8 Å². The van der Waals surface area contributed by atoms with E-state index in [4.69, 9.17) is 16.0 Å². The van der Waals surface area contributed by atoms with Crippen molar-refractivity contribution >= 4 is 44.2 Å². The molecule has 2 atom stereocenters. The summed E-state index contributed by atoms with van der Waals surface area (Å²) >= 11 is 5.98. The molecule has 0 bridgehead atoms. The number of hydrogen-bond donors (Lipinski definition) is 1. The van der Waals surface area contributed by atoms with Crippen LogP contribution in [0.2, 0.25) is 5.02 Å². The fourth-order valence-corrected chi connectivity index (χ4v) is 6.18. The average molecular weight is 461 g/mol. The van der Waals surface area contributed by atoms with Gasteiger partial charge in [0.1, 0.15) is 5.58 Å².